The van der Waals surface area contributed by atoms with Crippen LogP contribution in [-0.4, -0.2) is 29.9 Å². The Labute approximate surface area is 165 Å². The van der Waals surface area contributed by atoms with Crippen molar-refractivity contribution in [1.82, 2.24) is 5.32 Å². The van der Waals surface area contributed by atoms with Crippen LogP contribution in [0.5, 0.6) is 0 Å². The second kappa shape index (κ2) is 10.2. The minimum absolute atomic E-state index is 0.173. The minimum Gasteiger partial charge on any atom is -0.459 e. The number of halogens is 3. The van der Waals surface area contributed by atoms with E-state index < -0.39 is 29.7 Å². The van der Waals surface area contributed by atoms with Crippen LogP contribution < -0.4 is 5.32 Å². The van der Waals surface area contributed by atoms with Crippen LogP contribution in [0.4, 0.5) is 13.2 Å². The normalized spacial score (nSPS) is 12.3. The van der Waals surface area contributed by atoms with Crippen LogP contribution in [0.25, 0.3) is 0 Å². The van der Waals surface area contributed by atoms with E-state index in [2.05, 4.69) is 5.32 Å². The van der Waals surface area contributed by atoms with Gasteiger partial charge < -0.3 is 10.1 Å². The molecular formula is C20H20F3NO3S. The van der Waals surface area contributed by atoms with Gasteiger partial charge in [0.1, 0.15) is 12.6 Å². The smallest absolute Gasteiger partial charge is 0.416 e. The summed E-state index contributed by atoms with van der Waals surface area (Å²) in [5.74, 6) is -0.383. The Morgan fingerprint density at radius 1 is 1.07 bits per heavy atom. The molecule has 150 valence electrons. The molecule has 0 aliphatic rings. The van der Waals surface area contributed by atoms with Gasteiger partial charge in [0.25, 0.3) is 5.91 Å². The van der Waals surface area contributed by atoms with Gasteiger partial charge in [-0.15, -0.1) is 0 Å². The van der Waals surface area contributed by atoms with Crippen LogP contribution >= 0.6 is 11.8 Å². The highest BCUT2D eigenvalue weighted by Crippen LogP contribution is 2.29. The number of thioether (sulfide) groups is 1. The second-order valence-corrected chi connectivity index (χ2v) is 6.96. The fourth-order valence-electron chi connectivity index (χ4n) is 2.36. The van der Waals surface area contributed by atoms with Crippen molar-refractivity contribution in [3.63, 3.8) is 0 Å². The molecule has 0 saturated carbocycles. The third kappa shape index (κ3) is 6.60. The summed E-state index contributed by atoms with van der Waals surface area (Å²) in [4.78, 5) is 24.7. The number of nitrogens with one attached hydrogen (secondary N) is 1. The minimum atomic E-state index is -4.42. The van der Waals surface area contributed by atoms with Crippen LogP contribution in [-0.2, 0) is 22.3 Å². The number of amides is 1. The van der Waals surface area contributed by atoms with Crippen LogP contribution in [0.3, 0.4) is 0 Å². The highest BCUT2D eigenvalue weighted by atomic mass is 32.2. The predicted octanol–water partition coefficient (Wildman–Crippen LogP) is 4.30. The first-order valence-electron chi connectivity index (χ1n) is 8.49. The molecule has 1 atom stereocenters. The van der Waals surface area contributed by atoms with Crippen molar-refractivity contribution in [3.8, 4) is 0 Å². The number of carbonyl (C=O) groups is 2. The van der Waals surface area contributed by atoms with Gasteiger partial charge in [-0.05, 0) is 48.3 Å². The molecule has 0 aliphatic heterocycles. The van der Waals surface area contributed by atoms with E-state index in [1.807, 2.05) is 6.26 Å². The maximum atomic E-state index is 12.6. The van der Waals surface area contributed by atoms with E-state index in [9.17, 15) is 22.8 Å². The summed E-state index contributed by atoms with van der Waals surface area (Å²) in [5.41, 5.74) is 0.0853. The first-order chi connectivity index (χ1) is 13.3. The lowest BCUT2D eigenvalue weighted by molar-refractivity contribution is -0.147. The molecule has 2 rings (SSSR count). The first-order valence-corrected chi connectivity index (χ1v) is 9.88. The van der Waals surface area contributed by atoms with E-state index >= 15 is 0 Å². The van der Waals surface area contributed by atoms with E-state index in [1.165, 1.54) is 23.9 Å². The fraction of sp³-hybridized carbons (Fsp3) is 0.300. The molecule has 1 amide bonds. The monoisotopic (exact) mass is 411 g/mol. The number of benzene rings is 2. The topological polar surface area (TPSA) is 55.4 Å². The molecule has 0 aromatic heterocycles. The molecule has 8 heteroatoms. The third-order valence-corrected chi connectivity index (χ3v) is 4.54. The van der Waals surface area contributed by atoms with Gasteiger partial charge in [-0.3, -0.25) is 4.79 Å². The highest BCUT2D eigenvalue weighted by molar-refractivity contribution is 7.98. The molecule has 0 unspecified atom stereocenters. The molecule has 0 fully saturated rings. The Hall–Kier alpha value is -2.48. The Bertz CT molecular complexity index is 780. The number of rotatable bonds is 8. The molecule has 0 saturated heterocycles. The molecular weight excluding hydrogens is 391 g/mol. The predicted molar refractivity (Wildman–Crippen MR) is 102 cm³/mol. The summed E-state index contributed by atoms with van der Waals surface area (Å²) in [6.07, 6.45) is -2.16. The number of hydrogen-bond acceptors (Lipinski definition) is 4. The van der Waals surface area contributed by atoms with Gasteiger partial charge in [-0.1, -0.05) is 30.3 Å². The zero-order chi connectivity index (χ0) is 20.6. The van der Waals surface area contributed by atoms with E-state index in [-0.39, 0.29) is 6.61 Å². The molecule has 28 heavy (non-hydrogen) atoms. The zero-order valence-corrected chi connectivity index (χ0v) is 16.0. The van der Waals surface area contributed by atoms with Crippen LogP contribution in [0.15, 0.2) is 54.6 Å². The summed E-state index contributed by atoms with van der Waals surface area (Å²) in [5, 5.41) is 2.66. The number of esters is 1. The van der Waals surface area contributed by atoms with Crippen molar-refractivity contribution in [2.45, 2.75) is 25.2 Å². The van der Waals surface area contributed by atoms with Crippen molar-refractivity contribution in [2.75, 3.05) is 12.0 Å². The van der Waals surface area contributed by atoms with Crippen molar-refractivity contribution >= 4 is 23.6 Å². The molecule has 4 nitrogen and oxygen atoms in total. The lowest BCUT2D eigenvalue weighted by Crippen LogP contribution is -2.42. The molecule has 0 aliphatic carbocycles. The molecule has 0 spiro atoms. The summed E-state index contributed by atoms with van der Waals surface area (Å²) in [6, 6.07) is 12.0. The third-order valence-electron chi connectivity index (χ3n) is 3.90. The Kier molecular flexibility index (Phi) is 7.92. The Balaban J connectivity index is 1.97. The van der Waals surface area contributed by atoms with E-state index in [1.54, 1.807) is 30.3 Å². The van der Waals surface area contributed by atoms with Gasteiger partial charge in [0.2, 0.25) is 0 Å². The fourth-order valence-corrected chi connectivity index (χ4v) is 2.83. The zero-order valence-electron chi connectivity index (χ0n) is 15.2. The number of alkyl halides is 3. The second-order valence-electron chi connectivity index (χ2n) is 5.98. The molecule has 0 radical (unpaired) electrons. The molecule has 2 aromatic carbocycles. The van der Waals surface area contributed by atoms with Gasteiger partial charge >= 0.3 is 12.1 Å². The molecule has 2 aromatic rings. The number of ether oxygens (including phenoxy) is 1. The maximum absolute atomic E-state index is 12.6. The van der Waals surface area contributed by atoms with Gasteiger partial charge in [0.05, 0.1) is 5.56 Å². The summed E-state index contributed by atoms with van der Waals surface area (Å²) < 4.78 is 43.0. The van der Waals surface area contributed by atoms with Gasteiger partial charge in [0, 0.05) is 5.56 Å². The average molecular weight is 411 g/mol. The van der Waals surface area contributed by atoms with Crippen LogP contribution in [0.2, 0.25) is 0 Å². The lowest BCUT2D eigenvalue weighted by Gasteiger charge is -2.17. The largest absolute Gasteiger partial charge is 0.459 e. The summed E-state index contributed by atoms with van der Waals surface area (Å²) >= 11 is 1.52. The van der Waals surface area contributed by atoms with E-state index in [0.717, 1.165) is 12.1 Å². The molecule has 0 heterocycles. The summed E-state index contributed by atoms with van der Waals surface area (Å²) in [7, 11) is 0. The van der Waals surface area contributed by atoms with Crippen molar-refractivity contribution in [3.05, 3.63) is 71.3 Å². The molecule has 0 bridgehead atoms. The van der Waals surface area contributed by atoms with Gasteiger partial charge in [0.15, 0.2) is 0 Å². The van der Waals surface area contributed by atoms with Crippen molar-refractivity contribution in [2.24, 2.45) is 0 Å². The SMILES string of the molecule is CSCC[C@H](NC(=O)c1ccccc1)C(=O)OCc1ccc(C(F)(F)F)cc1. The first kappa shape index (κ1) is 21.8. The van der Waals surface area contributed by atoms with Crippen LogP contribution in [0, 0.1) is 0 Å². The Morgan fingerprint density at radius 3 is 2.29 bits per heavy atom. The van der Waals surface area contributed by atoms with Crippen molar-refractivity contribution < 1.29 is 27.5 Å². The maximum Gasteiger partial charge on any atom is 0.416 e. The van der Waals surface area contributed by atoms with E-state index in [0.29, 0.717) is 23.3 Å². The highest BCUT2D eigenvalue weighted by Gasteiger charge is 2.30. The van der Waals surface area contributed by atoms with Crippen molar-refractivity contribution in [1.29, 1.82) is 0 Å². The summed E-state index contributed by atoms with van der Waals surface area (Å²) in [6.45, 7) is -0.173. The van der Waals surface area contributed by atoms with Crippen LogP contribution in [0.1, 0.15) is 27.9 Å². The number of hydrogen-bond donors (Lipinski definition) is 1. The molecule has 1 N–H and O–H groups in total. The Morgan fingerprint density at radius 2 is 1.71 bits per heavy atom. The van der Waals surface area contributed by atoms with Gasteiger partial charge in [-0.25, -0.2) is 4.79 Å². The average Bonchev–Trinajstić information content (AvgIpc) is 2.69. The lowest BCUT2D eigenvalue weighted by atomic mass is 10.1. The van der Waals surface area contributed by atoms with Gasteiger partial charge in [-0.2, -0.15) is 24.9 Å². The standard InChI is InChI=1S/C20H20F3NO3S/c1-28-12-11-17(24-18(25)15-5-3-2-4-6-15)19(26)27-13-14-7-9-16(10-8-14)20(21,22)23/h2-10,17H,11-13H2,1H3,(H,24,25)/t17-/m0/s1. The number of carbonyl (C=O) groups excluding carboxylic acids is 2. The quantitative estimate of drug-likeness (QED) is 0.658. The van der Waals surface area contributed by atoms with E-state index in [4.69, 9.17) is 4.74 Å².